The van der Waals surface area contributed by atoms with Crippen LogP contribution in [0.4, 0.5) is 0 Å². The van der Waals surface area contributed by atoms with Crippen molar-refractivity contribution in [1.82, 2.24) is 15.1 Å². The maximum Gasteiger partial charge on any atom is 0.0715 e. The molecule has 0 aliphatic heterocycles. The van der Waals surface area contributed by atoms with Gasteiger partial charge in [-0.05, 0) is 18.6 Å². The van der Waals surface area contributed by atoms with E-state index in [4.69, 9.17) is 0 Å². The van der Waals surface area contributed by atoms with Crippen molar-refractivity contribution >= 4 is 0 Å². The SMILES string of the molecule is CCCCCCCCC(C)Nn1ccnn1. The molecule has 1 atom stereocenters. The monoisotopic (exact) mass is 224 g/mol. The van der Waals surface area contributed by atoms with Gasteiger partial charge in [0.15, 0.2) is 0 Å². The summed E-state index contributed by atoms with van der Waals surface area (Å²) in [5.74, 6) is 0. The summed E-state index contributed by atoms with van der Waals surface area (Å²) in [6.07, 6.45) is 12.8. The van der Waals surface area contributed by atoms with Crippen molar-refractivity contribution in [2.75, 3.05) is 5.43 Å². The first-order chi connectivity index (χ1) is 7.83. The quantitative estimate of drug-likeness (QED) is 0.656. The Kier molecular flexibility index (Phi) is 6.61. The number of nitrogens with zero attached hydrogens (tertiary/aromatic N) is 3. The molecule has 1 heterocycles. The van der Waals surface area contributed by atoms with E-state index < -0.39 is 0 Å². The van der Waals surface area contributed by atoms with E-state index in [1.807, 2.05) is 6.20 Å². The second-order valence-corrected chi connectivity index (χ2v) is 4.43. The van der Waals surface area contributed by atoms with Crippen LogP contribution < -0.4 is 5.43 Å². The number of hydrogen-bond donors (Lipinski definition) is 1. The Hall–Kier alpha value is -1.06. The van der Waals surface area contributed by atoms with Crippen LogP contribution in [0.1, 0.15) is 58.8 Å². The van der Waals surface area contributed by atoms with Crippen molar-refractivity contribution in [2.45, 2.75) is 64.8 Å². The van der Waals surface area contributed by atoms with Gasteiger partial charge in [0.05, 0.1) is 12.4 Å². The van der Waals surface area contributed by atoms with Gasteiger partial charge in [0.1, 0.15) is 0 Å². The molecule has 0 bridgehead atoms. The van der Waals surface area contributed by atoms with Gasteiger partial charge in [0.25, 0.3) is 0 Å². The van der Waals surface area contributed by atoms with E-state index >= 15 is 0 Å². The average molecular weight is 224 g/mol. The largest absolute Gasteiger partial charge is 0.306 e. The van der Waals surface area contributed by atoms with Crippen LogP contribution in [0, 0.1) is 0 Å². The molecule has 0 aliphatic carbocycles. The Bertz CT molecular complexity index is 246. The van der Waals surface area contributed by atoms with Crippen LogP contribution in [-0.2, 0) is 0 Å². The van der Waals surface area contributed by atoms with Crippen LogP contribution in [0.15, 0.2) is 12.4 Å². The standard InChI is InChI=1S/C12H24N4/c1-3-4-5-6-7-8-9-12(2)14-16-11-10-13-15-16/h10-12,14H,3-9H2,1-2H3. The predicted octanol–water partition coefficient (Wildman–Crippen LogP) is 2.96. The van der Waals surface area contributed by atoms with Crippen molar-refractivity contribution in [3.8, 4) is 0 Å². The van der Waals surface area contributed by atoms with Crippen LogP contribution in [-0.4, -0.2) is 21.1 Å². The summed E-state index contributed by atoms with van der Waals surface area (Å²) < 4.78 is 0. The van der Waals surface area contributed by atoms with Crippen molar-refractivity contribution in [3.63, 3.8) is 0 Å². The van der Waals surface area contributed by atoms with Crippen LogP contribution in [0.3, 0.4) is 0 Å². The zero-order chi connectivity index (χ0) is 11.6. The summed E-state index contributed by atoms with van der Waals surface area (Å²) in [6, 6.07) is 0.466. The molecule has 1 N–H and O–H groups in total. The van der Waals surface area contributed by atoms with Crippen molar-refractivity contribution < 1.29 is 0 Å². The van der Waals surface area contributed by atoms with Gasteiger partial charge in [-0.25, -0.2) is 0 Å². The van der Waals surface area contributed by atoms with Crippen molar-refractivity contribution in [1.29, 1.82) is 0 Å². The highest BCUT2D eigenvalue weighted by Gasteiger charge is 2.01. The average Bonchev–Trinajstić information content (AvgIpc) is 2.76. The van der Waals surface area contributed by atoms with Crippen LogP contribution in [0.5, 0.6) is 0 Å². The van der Waals surface area contributed by atoms with E-state index in [-0.39, 0.29) is 0 Å². The molecule has 92 valence electrons. The summed E-state index contributed by atoms with van der Waals surface area (Å²) >= 11 is 0. The Morgan fingerprint density at radius 2 is 1.94 bits per heavy atom. The minimum Gasteiger partial charge on any atom is -0.306 e. The second-order valence-electron chi connectivity index (χ2n) is 4.43. The fraction of sp³-hybridized carbons (Fsp3) is 0.833. The molecule has 4 nitrogen and oxygen atoms in total. The molecule has 0 saturated carbocycles. The van der Waals surface area contributed by atoms with Gasteiger partial charge in [0.2, 0.25) is 0 Å². The highest BCUT2D eigenvalue weighted by molar-refractivity contribution is 4.77. The summed E-state index contributed by atoms with van der Waals surface area (Å²) in [5, 5.41) is 7.64. The second kappa shape index (κ2) is 8.13. The number of aromatic nitrogens is 3. The third kappa shape index (κ3) is 5.73. The topological polar surface area (TPSA) is 42.7 Å². The molecule has 1 aromatic rings. The Morgan fingerprint density at radius 1 is 1.19 bits per heavy atom. The first kappa shape index (κ1) is 13.0. The van der Waals surface area contributed by atoms with Crippen LogP contribution in [0.25, 0.3) is 0 Å². The molecule has 1 unspecified atom stereocenters. The van der Waals surface area contributed by atoms with Gasteiger partial charge in [-0.2, -0.15) is 4.79 Å². The third-order valence-electron chi connectivity index (χ3n) is 2.77. The van der Waals surface area contributed by atoms with E-state index in [2.05, 4.69) is 29.6 Å². The van der Waals surface area contributed by atoms with Gasteiger partial charge in [-0.15, -0.1) is 5.10 Å². The maximum absolute atomic E-state index is 3.88. The lowest BCUT2D eigenvalue weighted by Gasteiger charge is -2.13. The summed E-state index contributed by atoms with van der Waals surface area (Å²) in [4.78, 5) is 1.68. The molecule has 0 aromatic carbocycles. The first-order valence-electron chi connectivity index (χ1n) is 6.45. The zero-order valence-corrected chi connectivity index (χ0v) is 10.5. The molecule has 16 heavy (non-hydrogen) atoms. The maximum atomic E-state index is 3.88. The number of nitrogens with one attached hydrogen (secondary N) is 1. The summed E-state index contributed by atoms with van der Waals surface area (Å²) in [6.45, 7) is 4.44. The van der Waals surface area contributed by atoms with E-state index in [0.29, 0.717) is 6.04 Å². The summed E-state index contributed by atoms with van der Waals surface area (Å²) in [7, 11) is 0. The van der Waals surface area contributed by atoms with Gasteiger partial charge in [-0.3, -0.25) is 0 Å². The number of rotatable bonds is 9. The number of unbranched alkanes of at least 4 members (excludes halogenated alkanes) is 5. The van der Waals surface area contributed by atoms with Crippen molar-refractivity contribution in [3.05, 3.63) is 12.4 Å². The normalized spacial score (nSPS) is 12.6. The Morgan fingerprint density at radius 3 is 2.62 bits per heavy atom. The molecule has 0 radical (unpaired) electrons. The zero-order valence-electron chi connectivity index (χ0n) is 10.5. The molecule has 0 saturated heterocycles. The molecule has 0 spiro atoms. The van der Waals surface area contributed by atoms with Crippen molar-refractivity contribution in [2.24, 2.45) is 0 Å². The fourth-order valence-corrected chi connectivity index (χ4v) is 1.80. The van der Waals surface area contributed by atoms with Gasteiger partial charge < -0.3 is 5.43 Å². The highest BCUT2D eigenvalue weighted by Crippen LogP contribution is 2.08. The molecular formula is C12H24N4. The van der Waals surface area contributed by atoms with E-state index in [0.717, 1.165) is 0 Å². The molecule has 1 rings (SSSR count). The van der Waals surface area contributed by atoms with Gasteiger partial charge in [0, 0.05) is 6.04 Å². The van der Waals surface area contributed by atoms with E-state index in [1.165, 1.54) is 44.9 Å². The fourth-order valence-electron chi connectivity index (χ4n) is 1.80. The lowest BCUT2D eigenvalue weighted by atomic mass is 10.1. The van der Waals surface area contributed by atoms with Crippen LogP contribution >= 0.6 is 0 Å². The molecule has 0 aliphatic rings. The lowest BCUT2D eigenvalue weighted by molar-refractivity contribution is 0.530. The van der Waals surface area contributed by atoms with Crippen LogP contribution in [0.2, 0.25) is 0 Å². The lowest BCUT2D eigenvalue weighted by Crippen LogP contribution is -2.25. The smallest absolute Gasteiger partial charge is 0.0715 e. The number of hydrogen-bond acceptors (Lipinski definition) is 3. The van der Waals surface area contributed by atoms with Gasteiger partial charge >= 0.3 is 0 Å². The predicted molar refractivity (Wildman–Crippen MR) is 66.8 cm³/mol. The Balaban J connectivity index is 1.96. The highest BCUT2D eigenvalue weighted by atomic mass is 15.6. The van der Waals surface area contributed by atoms with Gasteiger partial charge in [-0.1, -0.05) is 45.4 Å². The molecule has 4 heteroatoms. The first-order valence-corrected chi connectivity index (χ1v) is 6.45. The molecular weight excluding hydrogens is 200 g/mol. The summed E-state index contributed by atoms with van der Waals surface area (Å²) in [5.41, 5.74) is 3.27. The minimum atomic E-state index is 0.466. The molecule has 0 amide bonds. The van der Waals surface area contributed by atoms with E-state index in [9.17, 15) is 0 Å². The molecule has 1 aromatic heterocycles. The van der Waals surface area contributed by atoms with E-state index in [1.54, 1.807) is 11.0 Å². The molecule has 0 fully saturated rings. The Labute approximate surface area is 98.4 Å². The third-order valence-corrected chi connectivity index (χ3v) is 2.77. The minimum absolute atomic E-state index is 0.466.